The largest absolute Gasteiger partial charge is 0.490 e. The van der Waals surface area contributed by atoms with Gasteiger partial charge in [-0.25, -0.2) is 18.6 Å². The smallest absolute Gasteiger partial charge is 0.408 e. The van der Waals surface area contributed by atoms with Crippen LogP contribution in [0, 0.1) is 21.7 Å². The zero-order valence-corrected chi connectivity index (χ0v) is 23.0. The number of pyridine rings is 1. The molecule has 0 aliphatic rings. The highest BCUT2D eigenvalue weighted by molar-refractivity contribution is 9.10. The van der Waals surface area contributed by atoms with E-state index in [0.717, 1.165) is 10.5 Å². The minimum absolute atomic E-state index is 0.0983. The van der Waals surface area contributed by atoms with Crippen molar-refractivity contribution >= 4 is 44.3 Å². The van der Waals surface area contributed by atoms with E-state index < -0.39 is 34.3 Å². The second-order valence-electron chi connectivity index (χ2n) is 9.59. The van der Waals surface area contributed by atoms with Crippen molar-refractivity contribution in [2.75, 3.05) is 18.5 Å². The van der Waals surface area contributed by atoms with Gasteiger partial charge >= 0.3 is 11.8 Å². The molecule has 12 heteroatoms. The Kier molecular flexibility index (Phi) is 9.42. The summed E-state index contributed by atoms with van der Waals surface area (Å²) in [7, 11) is 0. The molecule has 0 saturated heterocycles. The van der Waals surface area contributed by atoms with Gasteiger partial charge in [0, 0.05) is 28.0 Å². The number of fused-ring (bicyclic) bond motifs is 1. The predicted octanol–water partition coefficient (Wildman–Crippen LogP) is 7.04. The average molecular weight is 595 g/mol. The third-order valence-electron chi connectivity index (χ3n) is 5.36. The van der Waals surface area contributed by atoms with Crippen LogP contribution >= 0.6 is 15.9 Å². The maximum Gasteiger partial charge on any atom is 0.408 e. The fourth-order valence-electron chi connectivity index (χ4n) is 3.71. The number of rotatable bonds is 10. The fourth-order valence-corrected chi connectivity index (χ4v) is 4.07. The van der Waals surface area contributed by atoms with Crippen LogP contribution in [0.2, 0.25) is 0 Å². The molecule has 3 rings (SSSR count). The number of carbonyl (C=O) groups is 1. The normalized spacial score (nSPS) is 12.2. The highest BCUT2D eigenvalue weighted by atomic mass is 79.9. The van der Waals surface area contributed by atoms with E-state index in [1.807, 2.05) is 0 Å². The van der Waals surface area contributed by atoms with Crippen molar-refractivity contribution in [3.8, 4) is 5.75 Å². The van der Waals surface area contributed by atoms with Gasteiger partial charge in [0.2, 0.25) is 0 Å². The molecular formula is C26H29BrF2N4O5. The molecule has 1 amide bonds. The van der Waals surface area contributed by atoms with Crippen LogP contribution in [0.25, 0.3) is 10.9 Å². The molecule has 0 aliphatic carbocycles. The lowest BCUT2D eigenvalue weighted by atomic mass is 10.1. The van der Waals surface area contributed by atoms with Crippen LogP contribution in [-0.4, -0.2) is 34.8 Å². The maximum absolute atomic E-state index is 14.6. The second kappa shape index (κ2) is 12.3. The molecule has 1 aromatic heterocycles. The third-order valence-corrected chi connectivity index (χ3v) is 5.86. The number of ether oxygens (including phenoxy) is 2. The number of unbranched alkanes of at least 4 members (excludes halogenated alkanes) is 1. The Morgan fingerprint density at radius 3 is 2.63 bits per heavy atom. The van der Waals surface area contributed by atoms with Crippen molar-refractivity contribution < 1.29 is 28.0 Å². The summed E-state index contributed by atoms with van der Waals surface area (Å²) in [6, 6.07) is 6.35. The molecule has 0 bridgehead atoms. The summed E-state index contributed by atoms with van der Waals surface area (Å²) in [6.45, 7) is 7.16. The van der Waals surface area contributed by atoms with E-state index in [0.29, 0.717) is 42.0 Å². The number of anilines is 1. The van der Waals surface area contributed by atoms with Crippen LogP contribution in [0.4, 0.5) is 25.0 Å². The van der Waals surface area contributed by atoms with E-state index in [-0.39, 0.29) is 23.6 Å². The van der Waals surface area contributed by atoms with Crippen molar-refractivity contribution in [3.05, 3.63) is 68.3 Å². The number of benzene rings is 2. The lowest BCUT2D eigenvalue weighted by Crippen LogP contribution is -2.34. The topological polar surface area (TPSA) is 116 Å². The summed E-state index contributed by atoms with van der Waals surface area (Å²) >= 11 is 3.38. The maximum atomic E-state index is 14.6. The highest BCUT2D eigenvalue weighted by Gasteiger charge is 2.23. The Morgan fingerprint density at radius 2 is 1.95 bits per heavy atom. The van der Waals surface area contributed by atoms with Gasteiger partial charge in [0.05, 0.1) is 23.1 Å². The first-order valence-corrected chi connectivity index (χ1v) is 12.7. The van der Waals surface area contributed by atoms with E-state index in [4.69, 9.17) is 9.47 Å². The summed E-state index contributed by atoms with van der Waals surface area (Å²) < 4.78 is 40.1. The van der Waals surface area contributed by atoms with Gasteiger partial charge in [0.1, 0.15) is 23.3 Å². The Bertz CT molecular complexity index is 1330. The summed E-state index contributed by atoms with van der Waals surface area (Å²) in [5.41, 5.74) is 0.227. The molecule has 0 unspecified atom stereocenters. The monoisotopic (exact) mass is 594 g/mol. The number of halogens is 3. The van der Waals surface area contributed by atoms with Gasteiger partial charge in [-0.2, -0.15) is 0 Å². The van der Waals surface area contributed by atoms with Crippen molar-refractivity contribution in [1.82, 2.24) is 10.3 Å². The Balaban J connectivity index is 1.62. The van der Waals surface area contributed by atoms with Crippen molar-refractivity contribution in [1.29, 1.82) is 0 Å². The first-order chi connectivity index (χ1) is 17.9. The number of carbonyl (C=O) groups excluding carboxylic acids is 1. The summed E-state index contributed by atoms with van der Waals surface area (Å²) in [4.78, 5) is 27.3. The van der Waals surface area contributed by atoms with Gasteiger partial charge in [-0.1, -0.05) is 15.9 Å². The standard InChI is InChI=1S/C26H29BrF2N4O5/c1-15(32-25(34)38-26(2,3)4)18-12-17(28)13-20(29)24(18)37-10-6-5-9-30-23-19-11-16(27)7-8-21(19)31-14-22(23)33(35)36/h7-8,11-15H,5-6,9-10H2,1-4H3,(H,30,31)(H,32,34)/t15-/m1/s1. The molecule has 38 heavy (non-hydrogen) atoms. The minimum Gasteiger partial charge on any atom is -0.490 e. The predicted molar refractivity (Wildman–Crippen MR) is 143 cm³/mol. The van der Waals surface area contributed by atoms with E-state index in [9.17, 15) is 23.7 Å². The second-order valence-corrected chi connectivity index (χ2v) is 10.5. The van der Waals surface area contributed by atoms with Gasteiger partial charge in [0.25, 0.3) is 0 Å². The molecule has 1 heterocycles. The fraction of sp³-hybridized carbons (Fsp3) is 0.385. The molecule has 2 aromatic carbocycles. The molecular weight excluding hydrogens is 566 g/mol. The van der Waals surface area contributed by atoms with Gasteiger partial charge in [-0.3, -0.25) is 10.1 Å². The van der Waals surface area contributed by atoms with Crippen LogP contribution < -0.4 is 15.4 Å². The number of nitrogens with zero attached hydrogens (tertiary/aromatic N) is 2. The van der Waals surface area contributed by atoms with Crippen molar-refractivity contribution in [3.63, 3.8) is 0 Å². The Morgan fingerprint density at radius 1 is 1.21 bits per heavy atom. The third kappa shape index (κ3) is 7.73. The molecule has 0 fully saturated rings. The molecule has 1 atom stereocenters. The number of alkyl carbamates (subject to hydrolysis) is 1. The van der Waals surface area contributed by atoms with Crippen molar-refractivity contribution in [2.45, 2.75) is 52.2 Å². The van der Waals surface area contributed by atoms with E-state index >= 15 is 0 Å². The number of nitro groups is 1. The van der Waals surface area contributed by atoms with Crippen molar-refractivity contribution in [2.24, 2.45) is 0 Å². The molecule has 2 N–H and O–H groups in total. The first-order valence-electron chi connectivity index (χ1n) is 11.9. The molecule has 9 nitrogen and oxygen atoms in total. The Labute approximate surface area is 227 Å². The quantitative estimate of drug-likeness (QED) is 0.147. The zero-order valence-electron chi connectivity index (χ0n) is 21.4. The van der Waals surface area contributed by atoms with Crippen LogP contribution in [0.3, 0.4) is 0 Å². The number of hydrogen-bond donors (Lipinski definition) is 2. The summed E-state index contributed by atoms with van der Waals surface area (Å²) in [5, 5.41) is 17.8. The van der Waals surface area contributed by atoms with Crippen LogP contribution in [0.15, 0.2) is 41.0 Å². The molecule has 0 spiro atoms. The average Bonchev–Trinajstić information content (AvgIpc) is 2.80. The SMILES string of the molecule is C[C@@H](NC(=O)OC(C)(C)C)c1cc(F)cc(F)c1OCCCCNc1c([N+](=O)[O-])cnc2ccc(Br)cc12. The highest BCUT2D eigenvalue weighted by Crippen LogP contribution is 2.33. The lowest BCUT2D eigenvalue weighted by molar-refractivity contribution is -0.384. The first kappa shape index (κ1) is 29.0. The number of amides is 1. The minimum atomic E-state index is -0.888. The summed E-state index contributed by atoms with van der Waals surface area (Å²) in [5.74, 6) is -1.85. The zero-order chi connectivity index (χ0) is 28.0. The lowest BCUT2D eigenvalue weighted by Gasteiger charge is -2.23. The van der Waals surface area contributed by atoms with Gasteiger partial charge in [-0.15, -0.1) is 0 Å². The van der Waals surface area contributed by atoms with Crippen LogP contribution in [0.5, 0.6) is 5.75 Å². The summed E-state index contributed by atoms with van der Waals surface area (Å²) in [6.07, 6.45) is 1.50. The van der Waals surface area contributed by atoms with Gasteiger partial charge in [-0.05, 0) is 64.8 Å². The molecule has 3 aromatic rings. The number of hydrogen-bond acceptors (Lipinski definition) is 7. The van der Waals surface area contributed by atoms with Gasteiger partial charge in [0.15, 0.2) is 11.6 Å². The van der Waals surface area contributed by atoms with Crippen LogP contribution in [-0.2, 0) is 4.74 Å². The van der Waals surface area contributed by atoms with E-state index in [1.54, 1.807) is 45.9 Å². The van der Waals surface area contributed by atoms with Gasteiger partial charge < -0.3 is 20.1 Å². The molecule has 204 valence electrons. The van der Waals surface area contributed by atoms with E-state index in [1.165, 1.54) is 6.20 Å². The Hall–Kier alpha value is -3.54. The molecule has 0 aliphatic heterocycles. The molecule has 0 saturated carbocycles. The van der Waals surface area contributed by atoms with E-state index in [2.05, 4.69) is 31.5 Å². The van der Waals surface area contributed by atoms with Crippen LogP contribution in [0.1, 0.15) is 52.1 Å². The molecule has 0 radical (unpaired) electrons. The number of aromatic nitrogens is 1. The number of nitrogens with one attached hydrogen (secondary N) is 2.